The fourth-order valence-electron chi connectivity index (χ4n) is 3.22. The van der Waals surface area contributed by atoms with Gasteiger partial charge in [0.25, 0.3) is 0 Å². The van der Waals surface area contributed by atoms with Crippen LogP contribution in [0.25, 0.3) is 0 Å². The summed E-state index contributed by atoms with van der Waals surface area (Å²) in [5.41, 5.74) is 1.11. The predicted octanol–water partition coefficient (Wildman–Crippen LogP) is 3.13. The Balaban J connectivity index is 0.00000300. The van der Waals surface area contributed by atoms with Crippen molar-refractivity contribution in [1.82, 2.24) is 10.2 Å². The Labute approximate surface area is 194 Å². The molecule has 0 aromatic heterocycles. The van der Waals surface area contributed by atoms with E-state index < -0.39 is 9.84 Å². The van der Waals surface area contributed by atoms with E-state index in [1.807, 2.05) is 24.3 Å². The minimum Gasteiger partial charge on any atom is -0.368 e. The third-order valence-electron chi connectivity index (χ3n) is 4.72. The van der Waals surface area contributed by atoms with Crippen molar-refractivity contribution in [2.45, 2.75) is 4.90 Å². The molecule has 1 fully saturated rings. The van der Waals surface area contributed by atoms with Crippen LogP contribution >= 0.6 is 35.6 Å². The van der Waals surface area contributed by atoms with Gasteiger partial charge in [0.1, 0.15) is 0 Å². The first kappa shape index (κ1) is 23.8. The molecule has 0 spiro atoms. The molecule has 0 saturated carbocycles. The molecule has 0 radical (unpaired) electrons. The van der Waals surface area contributed by atoms with Crippen LogP contribution in [0.15, 0.2) is 64.5 Å². The predicted molar refractivity (Wildman–Crippen MR) is 131 cm³/mol. The second-order valence-corrected chi connectivity index (χ2v) is 9.11. The quantitative estimate of drug-likeness (QED) is 0.353. The van der Waals surface area contributed by atoms with Crippen molar-refractivity contribution in [2.24, 2.45) is 4.99 Å². The molecule has 1 N–H and O–H groups in total. The third kappa shape index (κ3) is 6.48. The number of guanidine groups is 1. The number of nitrogens with zero attached hydrogens (tertiary/aromatic N) is 3. The number of halogens is 2. The first-order valence-electron chi connectivity index (χ1n) is 9.23. The van der Waals surface area contributed by atoms with Gasteiger partial charge >= 0.3 is 0 Å². The molecule has 2 aromatic carbocycles. The summed E-state index contributed by atoms with van der Waals surface area (Å²) in [6.07, 6.45) is 0. The molecule has 2 aromatic rings. The lowest BCUT2D eigenvalue weighted by Gasteiger charge is -2.37. The van der Waals surface area contributed by atoms with Gasteiger partial charge in [0, 0.05) is 50.5 Å². The molecular formula is C20H26ClIN4O2S. The van der Waals surface area contributed by atoms with Gasteiger partial charge in [-0.25, -0.2) is 8.42 Å². The van der Waals surface area contributed by atoms with E-state index in [9.17, 15) is 8.42 Å². The molecule has 158 valence electrons. The van der Waals surface area contributed by atoms with Gasteiger partial charge in [0.2, 0.25) is 0 Å². The number of sulfone groups is 1. The largest absolute Gasteiger partial charge is 0.368 e. The van der Waals surface area contributed by atoms with Gasteiger partial charge < -0.3 is 15.1 Å². The number of hydrogen-bond donors (Lipinski definition) is 1. The van der Waals surface area contributed by atoms with Crippen LogP contribution in [0.1, 0.15) is 0 Å². The zero-order valence-electron chi connectivity index (χ0n) is 16.3. The number of rotatable bonds is 5. The molecule has 29 heavy (non-hydrogen) atoms. The summed E-state index contributed by atoms with van der Waals surface area (Å²) >= 11 is 6.09. The van der Waals surface area contributed by atoms with Gasteiger partial charge in [0.15, 0.2) is 15.8 Å². The Kier molecular flexibility index (Phi) is 9.04. The first-order chi connectivity index (χ1) is 13.5. The lowest BCUT2D eigenvalue weighted by atomic mass is 10.2. The van der Waals surface area contributed by atoms with Gasteiger partial charge in [-0.05, 0) is 30.3 Å². The average Bonchev–Trinajstić information content (AvgIpc) is 2.72. The van der Waals surface area contributed by atoms with Crippen molar-refractivity contribution in [2.75, 3.05) is 50.4 Å². The Bertz CT molecular complexity index is 917. The zero-order chi connectivity index (χ0) is 20.0. The van der Waals surface area contributed by atoms with E-state index in [0.29, 0.717) is 11.4 Å². The molecule has 0 aliphatic carbocycles. The molecule has 1 heterocycles. The van der Waals surface area contributed by atoms with Crippen molar-refractivity contribution in [3.05, 3.63) is 59.6 Å². The zero-order valence-corrected chi connectivity index (χ0v) is 20.2. The third-order valence-corrected chi connectivity index (χ3v) is 6.69. The number of aliphatic imine (C=N–C) groups is 1. The maximum Gasteiger partial charge on any atom is 0.193 e. The minimum atomic E-state index is -3.30. The van der Waals surface area contributed by atoms with Crippen LogP contribution in [0.2, 0.25) is 5.02 Å². The SMILES string of the molecule is CN=C(NCCS(=O)(=O)c1ccccc1)N1CCN(c2cccc(Cl)c2)CC1.I. The summed E-state index contributed by atoms with van der Waals surface area (Å²) < 4.78 is 24.8. The van der Waals surface area contributed by atoms with Gasteiger partial charge in [0.05, 0.1) is 10.6 Å². The van der Waals surface area contributed by atoms with Crippen molar-refractivity contribution in [3.8, 4) is 0 Å². The van der Waals surface area contributed by atoms with Crippen LogP contribution in [-0.2, 0) is 9.84 Å². The minimum absolute atomic E-state index is 0. The van der Waals surface area contributed by atoms with E-state index in [4.69, 9.17) is 11.6 Å². The van der Waals surface area contributed by atoms with E-state index in [-0.39, 0.29) is 29.7 Å². The fraction of sp³-hybridized carbons (Fsp3) is 0.350. The van der Waals surface area contributed by atoms with Crippen molar-refractivity contribution in [3.63, 3.8) is 0 Å². The molecular weight excluding hydrogens is 523 g/mol. The Hall–Kier alpha value is -1.52. The van der Waals surface area contributed by atoms with Gasteiger partial charge in [-0.2, -0.15) is 0 Å². The summed E-state index contributed by atoms with van der Waals surface area (Å²) in [5.74, 6) is 0.757. The molecule has 0 atom stereocenters. The number of piperazine rings is 1. The highest BCUT2D eigenvalue weighted by Crippen LogP contribution is 2.20. The van der Waals surface area contributed by atoms with Crippen LogP contribution in [0.4, 0.5) is 5.69 Å². The summed E-state index contributed by atoms with van der Waals surface area (Å²) in [4.78, 5) is 9.10. The first-order valence-corrected chi connectivity index (χ1v) is 11.3. The van der Waals surface area contributed by atoms with Crippen molar-refractivity contribution in [1.29, 1.82) is 0 Å². The van der Waals surface area contributed by atoms with E-state index in [1.165, 1.54) is 0 Å². The Morgan fingerprint density at radius 3 is 2.38 bits per heavy atom. The molecule has 9 heteroatoms. The van der Waals surface area contributed by atoms with Gasteiger partial charge in [-0.15, -0.1) is 24.0 Å². The topological polar surface area (TPSA) is 65.0 Å². The van der Waals surface area contributed by atoms with Crippen molar-refractivity contribution >= 4 is 57.1 Å². The highest BCUT2D eigenvalue weighted by atomic mass is 127. The maximum absolute atomic E-state index is 12.4. The summed E-state index contributed by atoms with van der Waals surface area (Å²) in [5, 5.41) is 3.92. The standard InChI is InChI=1S/C20H25ClN4O2S.HI/c1-22-20(23-10-15-28(26,27)19-8-3-2-4-9-19)25-13-11-24(12-14-25)18-7-5-6-17(21)16-18;/h2-9,16H,10-15H2,1H3,(H,22,23);1H. The van der Waals surface area contributed by atoms with Crippen LogP contribution in [0.5, 0.6) is 0 Å². The molecule has 6 nitrogen and oxygen atoms in total. The lowest BCUT2D eigenvalue weighted by molar-refractivity contribution is 0.373. The molecule has 1 aliphatic heterocycles. The lowest BCUT2D eigenvalue weighted by Crippen LogP contribution is -2.53. The Morgan fingerprint density at radius 2 is 1.76 bits per heavy atom. The summed E-state index contributed by atoms with van der Waals surface area (Å²) in [6.45, 7) is 3.63. The molecule has 3 rings (SSSR count). The molecule has 0 amide bonds. The summed E-state index contributed by atoms with van der Waals surface area (Å²) in [6, 6.07) is 16.4. The molecule has 0 unspecified atom stereocenters. The normalized spacial score (nSPS) is 15.0. The Morgan fingerprint density at radius 1 is 1.07 bits per heavy atom. The number of hydrogen-bond acceptors (Lipinski definition) is 4. The van der Waals surface area contributed by atoms with E-state index in [1.54, 1.807) is 31.3 Å². The highest BCUT2D eigenvalue weighted by Gasteiger charge is 2.21. The van der Waals surface area contributed by atoms with Crippen LogP contribution in [0.3, 0.4) is 0 Å². The van der Waals surface area contributed by atoms with Crippen LogP contribution < -0.4 is 10.2 Å². The van der Waals surface area contributed by atoms with Gasteiger partial charge in [-0.1, -0.05) is 35.9 Å². The van der Waals surface area contributed by atoms with Crippen LogP contribution in [-0.4, -0.2) is 64.8 Å². The second kappa shape index (κ2) is 11.0. The average molecular weight is 549 g/mol. The van der Waals surface area contributed by atoms with Gasteiger partial charge in [-0.3, -0.25) is 4.99 Å². The fourth-order valence-corrected chi connectivity index (χ4v) is 4.59. The van der Waals surface area contributed by atoms with E-state index in [2.05, 4.69) is 26.2 Å². The monoisotopic (exact) mass is 548 g/mol. The number of anilines is 1. The smallest absolute Gasteiger partial charge is 0.193 e. The molecule has 0 bridgehead atoms. The van der Waals surface area contributed by atoms with E-state index >= 15 is 0 Å². The maximum atomic E-state index is 12.4. The second-order valence-electron chi connectivity index (χ2n) is 6.56. The van der Waals surface area contributed by atoms with Crippen LogP contribution in [0, 0.1) is 0 Å². The summed E-state index contributed by atoms with van der Waals surface area (Å²) in [7, 11) is -1.58. The van der Waals surface area contributed by atoms with E-state index in [0.717, 1.165) is 42.8 Å². The highest BCUT2D eigenvalue weighted by molar-refractivity contribution is 14.0. The molecule has 1 saturated heterocycles. The number of benzene rings is 2. The molecule has 1 aliphatic rings. The van der Waals surface area contributed by atoms with Crippen molar-refractivity contribution < 1.29 is 8.42 Å². The number of nitrogens with one attached hydrogen (secondary N) is 1.